The number of carbonyl (C=O) groups is 1. The summed E-state index contributed by atoms with van der Waals surface area (Å²) in [5, 5.41) is 5.94. The number of hydrogen-bond donors (Lipinski definition) is 2. The van der Waals surface area contributed by atoms with Crippen molar-refractivity contribution in [2.45, 2.75) is 13.0 Å². The highest BCUT2D eigenvalue weighted by atomic mass is 19.1. The van der Waals surface area contributed by atoms with E-state index in [2.05, 4.69) is 20.4 Å². The van der Waals surface area contributed by atoms with Crippen molar-refractivity contribution in [1.82, 2.24) is 15.5 Å². The molecule has 1 fully saturated rings. The van der Waals surface area contributed by atoms with E-state index in [1.807, 2.05) is 14.0 Å². The van der Waals surface area contributed by atoms with Gasteiger partial charge in [0, 0.05) is 45.0 Å². The van der Waals surface area contributed by atoms with Crippen LogP contribution in [0.5, 0.6) is 0 Å². The zero-order valence-corrected chi connectivity index (χ0v) is 13.3. The minimum absolute atomic E-state index is 0.0745. The van der Waals surface area contributed by atoms with Gasteiger partial charge in [0.25, 0.3) is 0 Å². The molecule has 1 aliphatic heterocycles. The number of hydrogen-bond acceptors (Lipinski definition) is 4. The molecule has 2 rings (SSSR count). The van der Waals surface area contributed by atoms with Crippen molar-refractivity contribution < 1.29 is 9.18 Å². The molecule has 0 saturated carbocycles. The summed E-state index contributed by atoms with van der Waals surface area (Å²) in [6.07, 6.45) is 0. The second kappa shape index (κ2) is 8.10. The number of rotatable bonds is 6. The molecule has 1 unspecified atom stereocenters. The van der Waals surface area contributed by atoms with Gasteiger partial charge in [-0.2, -0.15) is 0 Å². The summed E-state index contributed by atoms with van der Waals surface area (Å²) in [5.41, 5.74) is 1.03. The smallest absolute Gasteiger partial charge is 0.237 e. The zero-order valence-electron chi connectivity index (χ0n) is 13.3. The Bertz CT molecular complexity index is 472. The zero-order chi connectivity index (χ0) is 15.9. The lowest BCUT2D eigenvalue weighted by atomic mass is 10.2. The summed E-state index contributed by atoms with van der Waals surface area (Å²) in [4.78, 5) is 16.5. The number of nitrogens with zero attached hydrogens (tertiary/aromatic N) is 2. The first-order valence-electron chi connectivity index (χ1n) is 7.78. The van der Waals surface area contributed by atoms with E-state index in [4.69, 9.17) is 0 Å². The number of nitrogens with one attached hydrogen (secondary N) is 2. The van der Waals surface area contributed by atoms with Crippen LogP contribution in [0.4, 0.5) is 10.1 Å². The molecule has 22 heavy (non-hydrogen) atoms. The molecule has 1 heterocycles. The highest BCUT2D eigenvalue weighted by Gasteiger charge is 2.25. The van der Waals surface area contributed by atoms with Crippen LogP contribution < -0.4 is 15.5 Å². The van der Waals surface area contributed by atoms with Gasteiger partial charge in [-0.05, 0) is 38.2 Å². The van der Waals surface area contributed by atoms with Crippen molar-refractivity contribution in [3.05, 3.63) is 30.1 Å². The number of likely N-dealkylation sites (N-methyl/N-ethyl adjacent to an activating group) is 1. The number of carbonyl (C=O) groups excluding carboxylic acids is 1. The molecule has 6 heteroatoms. The van der Waals surface area contributed by atoms with Crippen LogP contribution in [0.2, 0.25) is 0 Å². The quantitative estimate of drug-likeness (QED) is 0.759. The topological polar surface area (TPSA) is 47.6 Å². The second-order valence-corrected chi connectivity index (χ2v) is 5.57. The van der Waals surface area contributed by atoms with E-state index in [0.717, 1.165) is 38.4 Å². The summed E-state index contributed by atoms with van der Waals surface area (Å²) in [7, 11) is 1.87. The minimum Gasteiger partial charge on any atom is -0.369 e. The van der Waals surface area contributed by atoms with E-state index in [-0.39, 0.29) is 17.8 Å². The van der Waals surface area contributed by atoms with Gasteiger partial charge in [-0.3, -0.25) is 9.69 Å². The maximum atomic E-state index is 13.0. The van der Waals surface area contributed by atoms with Crippen molar-refractivity contribution in [2.75, 3.05) is 51.2 Å². The van der Waals surface area contributed by atoms with Gasteiger partial charge < -0.3 is 15.5 Å². The lowest BCUT2D eigenvalue weighted by Crippen LogP contribution is -2.54. The number of piperazine rings is 1. The molecular formula is C16H25FN4O. The molecule has 1 amide bonds. The Kier molecular flexibility index (Phi) is 6.15. The molecule has 0 radical (unpaired) electrons. The van der Waals surface area contributed by atoms with Gasteiger partial charge >= 0.3 is 0 Å². The first-order chi connectivity index (χ1) is 10.6. The summed E-state index contributed by atoms with van der Waals surface area (Å²) in [6, 6.07) is 6.46. The maximum absolute atomic E-state index is 13.0. The average molecular weight is 308 g/mol. The average Bonchev–Trinajstić information content (AvgIpc) is 2.55. The van der Waals surface area contributed by atoms with Crippen molar-refractivity contribution in [1.29, 1.82) is 0 Å². The SMILES string of the molecule is CNCCNC(=O)C(C)N1CCN(c2ccc(F)cc2)CC1. The number of halogens is 1. The van der Waals surface area contributed by atoms with E-state index in [1.54, 1.807) is 12.1 Å². The van der Waals surface area contributed by atoms with Crippen molar-refractivity contribution >= 4 is 11.6 Å². The van der Waals surface area contributed by atoms with Gasteiger partial charge in [0.05, 0.1) is 6.04 Å². The summed E-state index contributed by atoms with van der Waals surface area (Å²) in [5.74, 6) is -0.139. The van der Waals surface area contributed by atoms with E-state index >= 15 is 0 Å². The minimum atomic E-state index is -0.214. The first kappa shape index (κ1) is 16.7. The third kappa shape index (κ3) is 4.42. The lowest BCUT2D eigenvalue weighted by molar-refractivity contribution is -0.125. The molecule has 1 atom stereocenters. The first-order valence-corrected chi connectivity index (χ1v) is 7.78. The maximum Gasteiger partial charge on any atom is 0.237 e. The number of amides is 1. The van der Waals surface area contributed by atoms with Gasteiger partial charge in [-0.25, -0.2) is 4.39 Å². The fourth-order valence-electron chi connectivity index (χ4n) is 2.64. The van der Waals surface area contributed by atoms with E-state index in [0.29, 0.717) is 6.54 Å². The molecule has 0 aromatic heterocycles. The predicted octanol–water partition coefficient (Wildman–Crippen LogP) is 0.672. The third-order valence-corrected chi connectivity index (χ3v) is 4.11. The van der Waals surface area contributed by atoms with E-state index < -0.39 is 0 Å². The van der Waals surface area contributed by atoms with Crippen LogP contribution in [0, 0.1) is 5.82 Å². The standard InChI is InChI=1S/C16H25FN4O/c1-13(16(22)19-8-7-18-2)20-9-11-21(12-10-20)15-5-3-14(17)4-6-15/h3-6,13,18H,7-12H2,1-2H3,(H,19,22). The lowest BCUT2D eigenvalue weighted by Gasteiger charge is -2.38. The highest BCUT2D eigenvalue weighted by Crippen LogP contribution is 2.17. The van der Waals surface area contributed by atoms with Crippen LogP contribution in [-0.2, 0) is 4.79 Å². The van der Waals surface area contributed by atoms with Crippen LogP contribution in [0.25, 0.3) is 0 Å². The number of anilines is 1. The van der Waals surface area contributed by atoms with E-state index in [1.165, 1.54) is 12.1 Å². The fourth-order valence-corrected chi connectivity index (χ4v) is 2.64. The molecule has 0 bridgehead atoms. The fraction of sp³-hybridized carbons (Fsp3) is 0.562. The summed E-state index contributed by atoms with van der Waals surface area (Å²) >= 11 is 0. The highest BCUT2D eigenvalue weighted by molar-refractivity contribution is 5.81. The summed E-state index contributed by atoms with van der Waals surface area (Å²) < 4.78 is 13.0. The van der Waals surface area contributed by atoms with Gasteiger partial charge in [-0.1, -0.05) is 0 Å². The second-order valence-electron chi connectivity index (χ2n) is 5.57. The van der Waals surface area contributed by atoms with Gasteiger partial charge in [-0.15, -0.1) is 0 Å². The molecule has 122 valence electrons. The Morgan fingerprint density at radius 2 is 1.82 bits per heavy atom. The van der Waals surface area contributed by atoms with Crippen LogP contribution in [0.3, 0.4) is 0 Å². The van der Waals surface area contributed by atoms with Crippen LogP contribution >= 0.6 is 0 Å². The van der Waals surface area contributed by atoms with Gasteiger partial charge in [0.1, 0.15) is 5.82 Å². The van der Waals surface area contributed by atoms with E-state index in [9.17, 15) is 9.18 Å². The molecule has 2 N–H and O–H groups in total. The Labute approximate surface area is 131 Å². The molecule has 1 saturated heterocycles. The van der Waals surface area contributed by atoms with Crippen LogP contribution in [-0.4, -0.2) is 63.2 Å². The van der Waals surface area contributed by atoms with Crippen molar-refractivity contribution in [3.63, 3.8) is 0 Å². The van der Waals surface area contributed by atoms with Gasteiger partial charge in [0.2, 0.25) is 5.91 Å². The molecule has 0 spiro atoms. The Balaban J connectivity index is 1.81. The summed E-state index contributed by atoms with van der Waals surface area (Å²) in [6.45, 7) is 6.73. The van der Waals surface area contributed by atoms with Crippen molar-refractivity contribution in [3.8, 4) is 0 Å². The van der Waals surface area contributed by atoms with Crippen LogP contribution in [0.15, 0.2) is 24.3 Å². The largest absolute Gasteiger partial charge is 0.369 e. The molecule has 0 aliphatic carbocycles. The molecule has 5 nitrogen and oxygen atoms in total. The number of benzene rings is 1. The van der Waals surface area contributed by atoms with Crippen LogP contribution in [0.1, 0.15) is 6.92 Å². The van der Waals surface area contributed by atoms with Gasteiger partial charge in [0.15, 0.2) is 0 Å². The normalized spacial score (nSPS) is 17.3. The Morgan fingerprint density at radius 1 is 1.18 bits per heavy atom. The monoisotopic (exact) mass is 308 g/mol. The molecule has 1 aliphatic rings. The predicted molar refractivity (Wildman–Crippen MR) is 86.6 cm³/mol. The Hall–Kier alpha value is -1.66. The Morgan fingerprint density at radius 3 is 2.41 bits per heavy atom. The third-order valence-electron chi connectivity index (χ3n) is 4.11. The molecular weight excluding hydrogens is 283 g/mol. The van der Waals surface area contributed by atoms with Crippen molar-refractivity contribution in [2.24, 2.45) is 0 Å². The molecule has 1 aromatic rings. The molecule has 1 aromatic carbocycles.